The number of fused-ring (bicyclic) bond motifs is 1. The zero-order valence-electron chi connectivity index (χ0n) is 23.7. The maximum atomic E-state index is 13.7. The molecule has 1 aromatic carbocycles. The molecule has 0 unspecified atom stereocenters. The van der Waals surface area contributed by atoms with E-state index in [4.69, 9.17) is 4.98 Å². The van der Waals surface area contributed by atoms with Crippen molar-refractivity contribution in [2.24, 2.45) is 0 Å². The van der Waals surface area contributed by atoms with Crippen molar-refractivity contribution < 1.29 is 4.79 Å². The number of pyridine rings is 2. The molecule has 1 amide bonds. The van der Waals surface area contributed by atoms with Crippen LogP contribution in [0.2, 0.25) is 0 Å². The maximum Gasteiger partial charge on any atom is 0.253 e. The van der Waals surface area contributed by atoms with E-state index in [-0.39, 0.29) is 18.0 Å². The van der Waals surface area contributed by atoms with Crippen molar-refractivity contribution in [2.75, 3.05) is 18.0 Å². The van der Waals surface area contributed by atoms with Crippen LogP contribution >= 0.6 is 0 Å². The van der Waals surface area contributed by atoms with Gasteiger partial charge in [0.25, 0.3) is 11.5 Å². The second-order valence-electron chi connectivity index (χ2n) is 11.0. The molecule has 0 bridgehead atoms. The highest BCUT2D eigenvalue weighted by Crippen LogP contribution is 2.34. The molecule has 3 aromatic heterocycles. The van der Waals surface area contributed by atoms with E-state index in [0.29, 0.717) is 17.2 Å². The lowest BCUT2D eigenvalue weighted by Gasteiger charge is -2.27. The van der Waals surface area contributed by atoms with E-state index in [1.807, 2.05) is 32.2 Å². The minimum Gasteiger partial charge on any atom is -0.357 e. The second-order valence-corrected chi connectivity index (χ2v) is 11.0. The van der Waals surface area contributed by atoms with Gasteiger partial charge in [-0.2, -0.15) is 0 Å². The average molecular weight is 526 g/mol. The van der Waals surface area contributed by atoms with Crippen LogP contribution in [-0.2, 0) is 6.54 Å². The Morgan fingerprint density at radius 2 is 1.82 bits per heavy atom. The Hall–Kier alpha value is -3.87. The summed E-state index contributed by atoms with van der Waals surface area (Å²) in [5.74, 6) is 0.819. The molecule has 204 valence electrons. The molecule has 7 nitrogen and oxygen atoms in total. The number of aromatic nitrogens is 3. The number of anilines is 1. The molecule has 1 aliphatic heterocycles. The fourth-order valence-electron chi connectivity index (χ4n) is 5.73. The van der Waals surface area contributed by atoms with Gasteiger partial charge < -0.3 is 19.8 Å². The zero-order chi connectivity index (χ0) is 27.7. The number of benzene rings is 1. The average Bonchev–Trinajstić information content (AvgIpc) is 3.28. The van der Waals surface area contributed by atoms with Gasteiger partial charge in [0.1, 0.15) is 5.82 Å². The van der Waals surface area contributed by atoms with Crippen molar-refractivity contribution in [1.29, 1.82) is 0 Å². The van der Waals surface area contributed by atoms with Crippen LogP contribution in [-0.4, -0.2) is 33.5 Å². The Morgan fingerprint density at radius 1 is 1.05 bits per heavy atom. The van der Waals surface area contributed by atoms with Gasteiger partial charge in [-0.05, 0) is 100 Å². The molecule has 1 fully saturated rings. The lowest BCUT2D eigenvalue weighted by molar-refractivity contribution is 0.0952. The largest absolute Gasteiger partial charge is 0.357 e. The van der Waals surface area contributed by atoms with E-state index >= 15 is 0 Å². The van der Waals surface area contributed by atoms with Crippen LogP contribution < -0.4 is 15.8 Å². The number of nitrogens with one attached hydrogen (secondary N) is 2. The Kier molecular flexibility index (Phi) is 7.60. The van der Waals surface area contributed by atoms with Gasteiger partial charge in [-0.15, -0.1) is 0 Å². The predicted molar refractivity (Wildman–Crippen MR) is 159 cm³/mol. The van der Waals surface area contributed by atoms with Crippen LogP contribution in [0.1, 0.15) is 78.3 Å². The number of H-pyrrole nitrogens is 1. The van der Waals surface area contributed by atoms with E-state index in [1.165, 1.54) is 19.3 Å². The van der Waals surface area contributed by atoms with Crippen molar-refractivity contribution in [2.45, 2.75) is 72.9 Å². The minimum atomic E-state index is -0.191. The molecule has 4 heterocycles. The minimum absolute atomic E-state index is 0.161. The number of hydrogen-bond acceptors (Lipinski definition) is 4. The summed E-state index contributed by atoms with van der Waals surface area (Å²) in [6, 6.07) is 10.6. The molecule has 0 saturated carbocycles. The number of carbonyl (C=O) groups excluding carboxylic acids is 1. The summed E-state index contributed by atoms with van der Waals surface area (Å²) in [7, 11) is 0. The Morgan fingerprint density at radius 3 is 2.49 bits per heavy atom. The molecule has 1 atom stereocenters. The van der Waals surface area contributed by atoms with Gasteiger partial charge in [0.2, 0.25) is 0 Å². The molecular formula is C32H39N5O2. The zero-order valence-corrected chi connectivity index (χ0v) is 23.7. The third-order valence-corrected chi connectivity index (χ3v) is 8.11. The smallest absolute Gasteiger partial charge is 0.253 e. The van der Waals surface area contributed by atoms with Gasteiger partial charge in [-0.1, -0.05) is 6.92 Å². The first kappa shape index (κ1) is 26.7. The molecule has 0 aliphatic carbocycles. The molecule has 7 heteroatoms. The normalized spacial score (nSPS) is 14.5. The van der Waals surface area contributed by atoms with E-state index in [9.17, 15) is 9.59 Å². The highest BCUT2D eigenvalue weighted by Gasteiger charge is 2.20. The molecule has 39 heavy (non-hydrogen) atoms. The van der Waals surface area contributed by atoms with Crippen LogP contribution in [0.25, 0.3) is 22.0 Å². The molecule has 2 N–H and O–H groups in total. The number of carbonyl (C=O) groups is 1. The maximum absolute atomic E-state index is 13.7. The number of hydrogen-bond donors (Lipinski definition) is 2. The standard InChI is InChI=1S/C32H39N5O2/c1-6-23(5)37-19-21(3)30-26(31(38)34-18-27-20(2)14-22(4)35-32(27)39)15-25(16-28(30)37)24-10-11-29(33-17-24)36-12-8-7-9-13-36/h10-11,14-17,19,23H,6-9,12-13,18H2,1-5H3,(H,34,38)(H,35,39)/t23-/m1/s1. The van der Waals surface area contributed by atoms with E-state index in [0.717, 1.165) is 64.2 Å². The lowest BCUT2D eigenvalue weighted by atomic mass is 9.98. The van der Waals surface area contributed by atoms with Crippen molar-refractivity contribution in [3.8, 4) is 11.1 Å². The van der Waals surface area contributed by atoms with E-state index < -0.39 is 0 Å². The number of aryl methyl sites for hydroxylation is 3. The second kappa shape index (κ2) is 11.1. The van der Waals surface area contributed by atoms with Crippen molar-refractivity contribution >= 4 is 22.6 Å². The molecule has 0 radical (unpaired) electrons. The van der Waals surface area contributed by atoms with Crippen LogP contribution in [0.4, 0.5) is 5.82 Å². The summed E-state index contributed by atoms with van der Waals surface area (Å²) in [5.41, 5.74) is 6.74. The summed E-state index contributed by atoms with van der Waals surface area (Å²) in [5, 5.41) is 3.98. The summed E-state index contributed by atoms with van der Waals surface area (Å²) >= 11 is 0. The van der Waals surface area contributed by atoms with Crippen molar-refractivity contribution in [3.63, 3.8) is 0 Å². The Bertz CT molecular complexity index is 1560. The first-order valence-electron chi connectivity index (χ1n) is 14.1. The Labute approximate surface area is 230 Å². The summed E-state index contributed by atoms with van der Waals surface area (Å²) in [6.07, 6.45) is 8.75. The number of amides is 1. The number of nitrogens with zero attached hydrogens (tertiary/aromatic N) is 3. The van der Waals surface area contributed by atoms with Crippen LogP contribution in [0.5, 0.6) is 0 Å². The van der Waals surface area contributed by atoms with Crippen LogP contribution in [0.15, 0.2) is 47.5 Å². The third kappa shape index (κ3) is 5.35. The highest BCUT2D eigenvalue weighted by molar-refractivity contribution is 6.09. The molecule has 5 rings (SSSR count). The molecule has 0 spiro atoms. The predicted octanol–water partition coefficient (Wildman–Crippen LogP) is 6.21. The first-order valence-corrected chi connectivity index (χ1v) is 14.1. The summed E-state index contributed by atoms with van der Waals surface area (Å²) in [6.45, 7) is 12.5. The Balaban J connectivity index is 1.54. The van der Waals surface area contributed by atoms with Crippen molar-refractivity contribution in [1.82, 2.24) is 19.9 Å². The van der Waals surface area contributed by atoms with Gasteiger partial charge in [0, 0.05) is 71.4 Å². The molecule has 1 aliphatic rings. The summed E-state index contributed by atoms with van der Waals surface area (Å²) in [4.78, 5) is 36.2. The topological polar surface area (TPSA) is 83.0 Å². The van der Waals surface area contributed by atoms with Crippen LogP contribution in [0.3, 0.4) is 0 Å². The third-order valence-electron chi connectivity index (χ3n) is 8.11. The van der Waals surface area contributed by atoms with Gasteiger partial charge in [0.15, 0.2) is 0 Å². The quantitative estimate of drug-likeness (QED) is 0.301. The van der Waals surface area contributed by atoms with Crippen LogP contribution in [0, 0.1) is 20.8 Å². The number of aromatic amines is 1. The van der Waals surface area contributed by atoms with Gasteiger partial charge >= 0.3 is 0 Å². The number of rotatable bonds is 7. The van der Waals surface area contributed by atoms with Gasteiger partial charge in [0.05, 0.1) is 0 Å². The van der Waals surface area contributed by atoms with E-state index in [1.54, 1.807) is 0 Å². The summed E-state index contributed by atoms with van der Waals surface area (Å²) < 4.78 is 2.27. The molecule has 1 saturated heterocycles. The van der Waals surface area contributed by atoms with E-state index in [2.05, 4.69) is 64.9 Å². The first-order chi connectivity index (χ1) is 18.8. The SMILES string of the molecule is CC[C@@H](C)n1cc(C)c2c(C(=O)NCc3c(C)cc(C)[nH]c3=O)cc(-c3ccc(N4CCCCC4)nc3)cc21. The monoisotopic (exact) mass is 525 g/mol. The fourth-order valence-corrected chi connectivity index (χ4v) is 5.73. The van der Waals surface area contributed by atoms with Gasteiger partial charge in [-0.25, -0.2) is 4.98 Å². The lowest BCUT2D eigenvalue weighted by Crippen LogP contribution is -2.29. The number of piperidine rings is 1. The molecule has 4 aromatic rings. The van der Waals surface area contributed by atoms with Gasteiger partial charge in [-0.3, -0.25) is 9.59 Å². The fraction of sp³-hybridized carbons (Fsp3) is 0.406. The van der Waals surface area contributed by atoms with Crippen molar-refractivity contribution in [3.05, 3.63) is 81.0 Å². The highest BCUT2D eigenvalue weighted by atomic mass is 16.1. The molecular weight excluding hydrogens is 486 g/mol.